The van der Waals surface area contributed by atoms with Crippen molar-refractivity contribution >= 4 is 5.91 Å². The second kappa shape index (κ2) is 11.6. The maximum absolute atomic E-state index is 12.8. The number of hydrogen-bond acceptors (Lipinski definition) is 6. The Hall–Kier alpha value is -2.93. The molecule has 32 heavy (non-hydrogen) atoms. The number of amides is 1. The van der Waals surface area contributed by atoms with Crippen LogP contribution < -0.4 is 24.3 Å². The number of carbonyl (C=O) groups is 1. The van der Waals surface area contributed by atoms with E-state index in [0.29, 0.717) is 30.3 Å². The van der Waals surface area contributed by atoms with Crippen molar-refractivity contribution in [1.29, 1.82) is 0 Å². The fraction of sp³-hybridized carbons (Fsp3) is 0.480. The van der Waals surface area contributed by atoms with Gasteiger partial charge in [0, 0.05) is 12.6 Å². The van der Waals surface area contributed by atoms with Crippen molar-refractivity contribution < 1.29 is 23.7 Å². The maximum atomic E-state index is 12.8. The molecule has 1 fully saturated rings. The molecule has 7 heteroatoms. The predicted octanol–water partition coefficient (Wildman–Crippen LogP) is 3.95. The molecular formula is C25H34N2O5. The van der Waals surface area contributed by atoms with Crippen LogP contribution >= 0.6 is 0 Å². The minimum absolute atomic E-state index is 0.000775. The molecule has 7 nitrogen and oxygen atoms in total. The number of hydrogen-bond donors (Lipinski definition) is 1. The molecule has 3 rings (SSSR count). The highest BCUT2D eigenvalue weighted by Crippen LogP contribution is 2.38. The van der Waals surface area contributed by atoms with Gasteiger partial charge < -0.3 is 24.3 Å². The van der Waals surface area contributed by atoms with Crippen LogP contribution in [0, 0.1) is 0 Å². The van der Waals surface area contributed by atoms with E-state index < -0.39 is 0 Å². The molecule has 0 aromatic heterocycles. The van der Waals surface area contributed by atoms with E-state index in [9.17, 15) is 4.79 Å². The van der Waals surface area contributed by atoms with Gasteiger partial charge in [-0.25, -0.2) is 0 Å². The molecular weight excluding hydrogens is 408 g/mol. The lowest BCUT2D eigenvalue weighted by Crippen LogP contribution is -2.39. The topological polar surface area (TPSA) is 69.3 Å². The smallest absolute Gasteiger partial charge is 0.234 e. The number of rotatable bonds is 9. The zero-order valence-corrected chi connectivity index (χ0v) is 19.5. The Morgan fingerprint density at radius 1 is 0.938 bits per heavy atom. The van der Waals surface area contributed by atoms with Crippen LogP contribution in [0.25, 0.3) is 0 Å². The monoisotopic (exact) mass is 442 g/mol. The summed E-state index contributed by atoms with van der Waals surface area (Å²) in [5.74, 6) is 2.53. The van der Waals surface area contributed by atoms with Crippen LogP contribution in [0.3, 0.4) is 0 Å². The normalized spacial score (nSPS) is 16.7. The summed E-state index contributed by atoms with van der Waals surface area (Å²) in [6.45, 7) is 1.66. The fourth-order valence-corrected chi connectivity index (χ4v) is 4.24. The van der Waals surface area contributed by atoms with Crippen molar-refractivity contribution in [3.63, 3.8) is 0 Å². The Balaban J connectivity index is 1.67. The minimum Gasteiger partial charge on any atom is -0.497 e. The maximum Gasteiger partial charge on any atom is 0.234 e. The van der Waals surface area contributed by atoms with E-state index in [-0.39, 0.29) is 11.9 Å². The van der Waals surface area contributed by atoms with Gasteiger partial charge in [-0.15, -0.1) is 0 Å². The second-order valence-electron chi connectivity index (χ2n) is 7.92. The summed E-state index contributed by atoms with van der Waals surface area (Å²) in [5.41, 5.74) is 2.11. The van der Waals surface area contributed by atoms with Gasteiger partial charge in [0.15, 0.2) is 11.5 Å². The average molecular weight is 443 g/mol. The lowest BCUT2D eigenvalue weighted by atomic mass is 10.0. The van der Waals surface area contributed by atoms with Gasteiger partial charge in [-0.1, -0.05) is 25.0 Å². The van der Waals surface area contributed by atoms with Gasteiger partial charge in [-0.05, 0) is 54.8 Å². The van der Waals surface area contributed by atoms with E-state index >= 15 is 0 Å². The molecule has 0 saturated carbocycles. The van der Waals surface area contributed by atoms with Crippen LogP contribution in [0.4, 0.5) is 0 Å². The highest BCUT2D eigenvalue weighted by atomic mass is 16.5. The molecule has 0 bridgehead atoms. The summed E-state index contributed by atoms with van der Waals surface area (Å²) < 4.78 is 21.5. The van der Waals surface area contributed by atoms with Crippen LogP contribution in [-0.2, 0) is 11.3 Å². The largest absolute Gasteiger partial charge is 0.497 e. The van der Waals surface area contributed by atoms with Crippen LogP contribution in [0.5, 0.6) is 23.0 Å². The van der Waals surface area contributed by atoms with Gasteiger partial charge in [-0.2, -0.15) is 0 Å². The predicted molar refractivity (Wildman–Crippen MR) is 124 cm³/mol. The van der Waals surface area contributed by atoms with Gasteiger partial charge in [0.25, 0.3) is 0 Å². The second-order valence-corrected chi connectivity index (χ2v) is 7.92. The molecule has 1 saturated heterocycles. The molecule has 2 aromatic carbocycles. The van der Waals surface area contributed by atoms with Crippen LogP contribution in [0.2, 0.25) is 0 Å². The van der Waals surface area contributed by atoms with E-state index in [1.54, 1.807) is 28.4 Å². The van der Waals surface area contributed by atoms with Gasteiger partial charge in [0.2, 0.25) is 11.7 Å². The molecule has 0 spiro atoms. The van der Waals surface area contributed by atoms with Crippen molar-refractivity contribution in [3.05, 3.63) is 47.5 Å². The van der Waals surface area contributed by atoms with Gasteiger partial charge in [-0.3, -0.25) is 9.69 Å². The first kappa shape index (κ1) is 23.7. The summed E-state index contributed by atoms with van der Waals surface area (Å²) in [5, 5.41) is 3.04. The molecule has 1 heterocycles. The molecule has 0 aliphatic carbocycles. The third-order valence-electron chi connectivity index (χ3n) is 5.93. The van der Waals surface area contributed by atoms with Crippen molar-refractivity contribution in [2.75, 3.05) is 41.5 Å². The first-order valence-electron chi connectivity index (χ1n) is 11.0. The highest BCUT2D eigenvalue weighted by molar-refractivity contribution is 5.78. The van der Waals surface area contributed by atoms with Crippen molar-refractivity contribution in [2.24, 2.45) is 0 Å². The summed E-state index contributed by atoms with van der Waals surface area (Å²) in [7, 11) is 6.41. The molecule has 1 atom stereocenters. The van der Waals surface area contributed by atoms with E-state index in [1.165, 1.54) is 18.4 Å². The zero-order valence-electron chi connectivity index (χ0n) is 19.5. The molecule has 1 aliphatic rings. The van der Waals surface area contributed by atoms with E-state index in [4.69, 9.17) is 18.9 Å². The van der Waals surface area contributed by atoms with E-state index in [0.717, 1.165) is 30.7 Å². The molecule has 0 radical (unpaired) electrons. The van der Waals surface area contributed by atoms with Crippen molar-refractivity contribution in [3.8, 4) is 23.0 Å². The van der Waals surface area contributed by atoms with Crippen LogP contribution in [0.15, 0.2) is 36.4 Å². The van der Waals surface area contributed by atoms with Gasteiger partial charge in [0.1, 0.15) is 5.75 Å². The quantitative estimate of drug-likeness (QED) is 0.634. The van der Waals surface area contributed by atoms with Crippen molar-refractivity contribution in [2.45, 2.75) is 38.3 Å². The molecule has 1 N–H and O–H groups in total. The summed E-state index contributed by atoms with van der Waals surface area (Å²) in [6.07, 6.45) is 4.51. The van der Waals surface area contributed by atoms with Gasteiger partial charge in [0.05, 0.1) is 35.0 Å². The van der Waals surface area contributed by atoms with Crippen LogP contribution in [0.1, 0.15) is 42.9 Å². The third kappa shape index (κ3) is 5.85. The third-order valence-corrected chi connectivity index (χ3v) is 5.93. The molecule has 2 aromatic rings. The Bertz CT molecular complexity index is 859. The lowest BCUT2D eigenvalue weighted by Gasteiger charge is -2.30. The Kier molecular flexibility index (Phi) is 8.62. The molecule has 1 amide bonds. The van der Waals surface area contributed by atoms with Gasteiger partial charge >= 0.3 is 0 Å². The lowest BCUT2D eigenvalue weighted by molar-refractivity contribution is -0.123. The Morgan fingerprint density at radius 2 is 1.62 bits per heavy atom. The SMILES string of the molecule is COc1ccc(C2CCCCCN2CC(=O)NCc2cc(OC)c(OC)c(OC)c2)cc1. The number of ether oxygens (including phenoxy) is 4. The standard InChI is InChI=1S/C25H34N2O5/c1-29-20-11-9-19(10-12-20)21-8-6-5-7-13-27(21)17-24(28)26-16-18-14-22(30-2)25(32-4)23(15-18)31-3/h9-12,14-15,21H,5-8,13,16-17H2,1-4H3,(H,26,28). The number of benzene rings is 2. The first-order chi connectivity index (χ1) is 15.6. The average Bonchev–Trinajstić information content (AvgIpc) is 3.07. The summed E-state index contributed by atoms with van der Waals surface area (Å²) >= 11 is 0. The number of methoxy groups -OCH3 is 4. The van der Waals surface area contributed by atoms with Crippen molar-refractivity contribution in [1.82, 2.24) is 10.2 Å². The zero-order chi connectivity index (χ0) is 22.9. The summed E-state index contributed by atoms with van der Waals surface area (Å²) in [6, 6.07) is 12.1. The first-order valence-corrected chi connectivity index (χ1v) is 11.0. The molecule has 174 valence electrons. The Morgan fingerprint density at radius 3 is 2.22 bits per heavy atom. The fourth-order valence-electron chi connectivity index (χ4n) is 4.24. The minimum atomic E-state index is -0.000775. The van der Waals surface area contributed by atoms with E-state index in [1.807, 2.05) is 24.3 Å². The Labute approximate surface area is 190 Å². The number of carbonyl (C=O) groups excluding carboxylic acids is 1. The van der Waals surface area contributed by atoms with Crippen LogP contribution in [-0.4, -0.2) is 52.3 Å². The number of likely N-dealkylation sites (tertiary alicyclic amines) is 1. The highest BCUT2D eigenvalue weighted by Gasteiger charge is 2.24. The molecule has 1 unspecified atom stereocenters. The summed E-state index contributed by atoms with van der Waals surface area (Å²) in [4.78, 5) is 15.1. The van der Waals surface area contributed by atoms with E-state index in [2.05, 4.69) is 22.3 Å². The number of nitrogens with one attached hydrogen (secondary N) is 1. The number of nitrogens with zero attached hydrogens (tertiary/aromatic N) is 1. The molecule has 1 aliphatic heterocycles.